The third-order valence-corrected chi connectivity index (χ3v) is 3.63. The first-order valence-corrected chi connectivity index (χ1v) is 6.99. The van der Waals surface area contributed by atoms with Gasteiger partial charge in [-0.25, -0.2) is 0 Å². The molecule has 0 aromatic carbocycles. The van der Waals surface area contributed by atoms with Crippen LogP contribution in [-0.2, 0) is 22.6 Å². The Morgan fingerprint density at radius 2 is 2.11 bits per heavy atom. The summed E-state index contributed by atoms with van der Waals surface area (Å²) in [5.41, 5.74) is 2.22. The van der Waals surface area contributed by atoms with Crippen molar-refractivity contribution in [1.82, 2.24) is 15.1 Å². The van der Waals surface area contributed by atoms with Gasteiger partial charge in [-0.2, -0.15) is 5.10 Å². The van der Waals surface area contributed by atoms with Gasteiger partial charge in [0.2, 0.25) is 0 Å². The van der Waals surface area contributed by atoms with E-state index in [1.807, 2.05) is 11.6 Å². The van der Waals surface area contributed by atoms with Crippen LogP contribution in [0.15, 0.2) is 4.47 Å². The molecule has 5 nitrogen and oxygen atoms in total. The Bertz CT molecular complexity index is 355. The van der Waals surface area contributed by atoms with E-state index >= 15 is 0 Å². The topological polar surface area (TPSA) is 48.3 Å². The van der Waals surface area contributed by atoms with Crippen molar-refractivity contribution in [2.24, 2.45) is 0 Å². The smallest absolute Gasteiger partial charge is 0.0739 e. The Balaban J connectivity index is 2.26. The van der Waals surface area contributed by atoms with Gasteiger partial charge in [-0.05, 0) is 29.8 Å². The molecule has 1 rings (SSSR count). The second kappa shape index (κ2) is 8.63. The maximum absolute atomic E-state index is 5.38. The predicted molar refractivity (Wildman–Crippen MR) is 74.7 cm³/mol. The fourth-order valence-corrected chi connectivity index (χ4v) is 2.06. The molecule has 0 saturated carbocycles. The van der Waals surface area contributed by atoms with Gasteiger partial charge in [0.15, 0.2) is 0 Å². The molecule has 0 unspecified atom stereocenters. The van der Waals surface area contributed by atoms with E-state index in [0.29, 0.717) is 19.8 Å². The van der Waals surface area contributed by atoms with E-state index in [-0.39, 0.29) is 0 Å². The SMILES string of the molecule is CCn1nc(C)c(Br)c1CNCCOCCOC. The van der Waals surface area contributed by atoms with Gasteiger partial charge in [0, 0.05) is 26.7 Å². The molecule has 1 heterocycles. The average molecular weight is 320 g/mol. The van der Waals surface area contributed by atoms with Crippen LogP contribution in [0, 0.1) is 6.92 Å². The molecular weight excluding hydrogens is 298 g/mol. The Morgan fingerprint density at radius 1 is 1.33 bits per heavy atom. The highest BCUT2D eigenvalue weighted by atomic mass is 79.9. The third-order valence-electron chi connectivity index (χ3n) is 2.60. The van der Waals surface area contributed by atoms with E-state index in [2.05, 4.69) is 33.3 Å². The highest BCUT2D eigenvalue weighted by Crippen LogP contribution is 2.20. The number of hydrogen-bond donors (Lipinski definition) is 1. The normalized spacial score (nSPS) is 11.1. The maximum Gasteiger partial charge on any atom is 0.0739 e. The number of hydrogen-bond acceptors (Lipinski definition) is 4. The van der Waals surface area contributed by atoms with Crippen molar-refractivity contribution < 1.29 is 9.47 Å². The summed E-state index contributed by atoms with van der Waals surface area (Å²) in [6.45, 7) is 8.59. The van der Waals surface area contributed by atoms with Crippen LogP contribution in [-0.4, -0.2) is 43.3 Å². The second-order valence-corrected chi connectivity index (χ2v) is 4.74. The van der Waals surface area contributed by atoms with Gasteiger partial charge < -0.3 is 14.8 Å². The van der Waals surface area contributed by atoms with Crippen molar-refractivity contribution in [3.63, 3.8) is 0 Å². The Morgan fingerprint density at radius 3 is 2.78 bits per heavy atom. The zero-order valence-electron chi connectivity index (χ0n) is 11.3. The summed E-state index contributed by atoms with van der Waals surface area (Å²) in [6.07, 6.45) is 0. The first kappa shape index (κ1) is 15.6. The van der Waals surface area contributed by atoms with Crippen LogP contribution in [0.5, 0.6) is 0 Å². The number of rotatable bonds is 9. The molecule has 6 heteroatoms. The van der Waals surface area contributed by atoms with Gasteiger partial charge in [-0.3, -0.25) is 4.68 Å². The van der Waals surface area contributed by atoms with Gasteiger partial charge in [0.25, 0.3) is 0 Å². The Labute approximate surface area is 117 Å². The molecule has 18 heavy (non-hydrogen) atoms. The average Bonchev–Trinajstić information content (AvgIpc) is 2.65. The van der Waals surface area contributed by atoms with E-state index < -0.39 is 0 Å². The third kappa shape index (κ3) is 4.68. The number of ether oxygens (including phenoxy) is 2. The summed E-state index contributed by atoms with van der Waals surface area (Å²) in [5.74, 6) is 0. The fraction of sp³-hybridized carbons (Fsp3) is 0.750. The first-order chi connectivity index (χ1) is 8.70. The molecule has 104 valence electrons. The Hall–Kier alpha value is -0.430. The minimum Gasteiger partial charge on any atom is -0.382 e. The lowest BCUT2D eigenvalue weighted by atomic mass is 10.3. The number of nitrogens with one attached hydrogen (secondary N) is 1. The molecule has 0 radical (unpaired) electrons. The standard InChI is InChI=1S/C12H22BrN3O2/c1-4-16-11(12(13)10(2)15-16)9-14-5-6-18-8-7-17-3/h14H,4-9H2,1-3H3. The van der Waals surface area contributed by atoms with Crippen molar-refractivity contribution >= 4 is 15.9 Å². The van der Waals surface area contributed by atoms with E-state index in [4.69, 9.17) is 9.47 Å². The van der Waals surface area contributed by atoms with E-state index in [9.17, 15) is 0 Å². The van der Waals surface area contributed by atoms with Gasteiger partial charge >= 0.3 is 0 Å². The largest absolute Gasteiger partial charge is 0.382 e. The number of aryl methyl sites for hydroxylation is 2. The molecule has 0 aliphatic heterocycles. The van der Waals surface area contributed by atoms with Crippen LogP contribution in [0.3, 0.4) is 0 Å². The van der Waals surface area contributed by atoms with Crippen molar-refractivity contribution in [3.05, 3.63) is 15.9 Å². The van der Waals surface area contributed by atoms with Crippen LogP contribution in [0.4, 0.5) is 0 Å². The molecule has 0 spiro atoms. The first-order valence-electron chi connectivity index (χ1n) is 6.19. The van der Waals surface area contributed by atoms with E-state index in [1.54, 1.807) is 7.11 Å². The summed E-state index contributed by atoms with van der Waals surface area (Å²) in [7, 11) is 1.67. The minimum atomic E-state index is 0.646. The van der Waals surface area contributed by atoms with Crippen LogP contribution in [0.25, 0.3) is 0 Å². The Kier molecular flexibility index (Phi) is 7.50. The zero-order chi connectivity index (χ0) is 13.4. The molecule has 1 N–H and O–H groups in total. The molecule has 0 aliphatic carbocycles. The lowest BCUT2D eigenvalue weighted by Gasteiger charge is -2.08. The van der Waals surface area contributed by atoms with Crippen molar-refractivity contribution in [2.45, 2.75) is 26.9 Å². The van der Waals surface area contributed by atoms with Crippen LogP contribution in [0.1, 0.15) is 18.3 Å². The summed E-state index contributed by atoms with van der Waals surface area (Å²) in [4.78, 5) is 0. The quantitative estimate of drug-likeness (QED) is 0.704. The molecule has 0 atom stereocenters. The maximum atomic E-state index is 5.38. The molecule has 1 aromatic rings. The number of methoxy groups -OCH3 is 1. The molecule has 0 saturated heterocycles. The van der Waals surface area contributed by atoms with Crippen LogP contribution < -0.4 is 5.32 Å². The number of aromatic nitrogens is 2. The fourth-order valence-electron chi connectivity index (χ4n) is 1.63. The van der Waals surface area contributed by atoms with E-state index in [1.165, 1.54) is 5.69 Å². The minimum absolute atomic E-state index is 0.646. The van der Waals surface area contributed by atoms with Crippen LogP contribution in [0.2, 0.25) is 0 Å². The van der Waals surface area contributed by atoms with Crippen molar-refractivity contribution in [1.29, 1.82) is 0 Å². The molecule has 0 bridgehead atoms. The molecular formula is C12H22BrN3O2. The zero-order valence-corrected chi connectivity index (χ0v) is 12.9. The molecule has 0 fully saturated rings. The highest BCUT2D eigenvalue weighted by Gasteiger charge is 2.10. The van der Waals surface area contributed by atoms with E-state index in [0.717, 1.165) is 29.8 Å². The van der Waals surface area contributed by atoms with Gasteiger partial charge in [-0.15, -0.1) is 0 Å². The molecule has 1 aromatic heterocycles. The van der Waals surface area contributed by atoms with Crippen LogP contribution >= 0.6 is 15.9 Å². The predicted octanol–water partition coefficient (Wildman–Crippen LogP) is 1.73. The molecule has 0 amide bonds. The summed E-state index contributed by atoms with van der Waals surface area (Å²) in [5, 5.41) is 7.80. The molecule has 0 aliphatic rings. The van der Waals surface area contributed by atoms with Crippen molar-refractivity contribution in [2.75, 3.05) is 33.5 Å². The monoisotopic (exact) mass is 319 g/mol. The summed E-state index contributed by atoms with van der Waals surface area (Å²) in [6, 6.07) is 0. The highest BCUT2D eigenvalue weighted by molar-refractivity contribution is 9.10. The van der Waals surface area contributed by atoms with Gasteiger partial charge in [0.05, 0.1) is 35.7 Å². The summed E-state index contributed by atoms with van der Waals surface area (Å²) < 4.78 is 13.4. The second-order valence-electron chi connectivity index (χ2n) is 3.94. The number of halogens is 1. The lowest BCUT2D eigenvalue weighted by Crippen LogP contribution is -2.22. The lowest BCUT2D eigenvalue weighted by molar-refractivity contribution is 0.0718. The number of nitrogens with zero attached hydrogens (tertiary/aromatic N) is 2. The summed E-state index contributed by atoms with van der Waals surface area (Å²) >= 11 is 3.57. The van der Waals surface area contributed by atoms with Crippen molar-refractivity contribution in [3.8, 4) is 0 Å². The van der Waals surface area contributed by atoms with Gasteiger partial charge in [-0.1, -0.05) is 0 Å². The van der Waals surface area contributed by atoms with Gasteiger partial charge in [0.1, 0.15) is 0 Å².